The molecule has 0 unspecified atom stereocenters. The SMILES string of the molecule is CN1CCN(c2cccc(Nc3cnc(N)c(C(=O)Nc4ccccc4)n3)c2)CC1. The van der Waals surface area contributed by atoms with E-state index in [1.807, 2.05) is 30.3 Å². The number of aromatic nitrogens is 2. The summed E-state index contributed by atoms with van der Waals surface area (Å²) < 4.78 is 0. The molecule has 8 nitrogen and oxygen atoms in total. The average Bonchev–Trinajstić information content (AvgIpc) is 2.76. The van der Waals surface area contributed by atoms with Gasteiger partial charge in [0.05, 0.1) is 6.20 Å². The van der Waals surface area contributed by atoms with Crippen LogP contribution in [0.2, 0.25) is 0 Å². The van der Waals surface area contributed by atoms with Gasteiger partial charge in [-0.2, -0.15) is 0 Å². The van der Waals surface area contributed by atoms with E-state index in [-0.39, 0.29) is 11.5 Å². The number of amides is 1. The fraction of sp³-hybridized carbons (Fsp3) is 0.227. The van der Waals surface area contributed by atoms with E-state index in [2.05, 4.69) is 49.6 Å². The van der Waals surface area contributed by atoms with E-state index in [1.54, 1.807) is 12.1 Å². The quantitative estimate of drug-likeness (QED) is 0.602. The number of likely N-dealkylation sites (N-methyl/N-ethyl adjacent to an activating group) is 1. The Morgan fingerprint density at radius 3 is 2.50 bits per heavy atom. The molecular weight excluding hydrogens is 378 g/mol. The number of carbonyl (C=O) groups excluding carboxylic acids is 1. The highest BCUT2D eigenvalue weighted by molar-refractivity contribution is 6.05. The highest BCUT2D eigenvalue weighted by atomic mass is 16.1. The second kappa shape index (κ2) is 8.79. The number of hydrogen-bond acceptors (Lipinski definition) is 7. The molecule has 4 N–H and O–H groups in total. The molecule has 2 aromatic carbocycles. The Morgan fingerprint density at radius 2 is 1.73 bits per heavy atom. The van der Waals surface area contributed by atoms with Crippen LogP contribution in [0.5, 0.6) is 0 Å². The van der Waals surface area contributed by atoms with E-state index in [0.29, 0.717) is 11.5 Å². The van der Waals surface area contributed by atoms with Crippen molar-refractivity contribution in [2.75, 3.05) is 54.5 Å². The van der Waals surface area contributed by atoms with Gasteiger partial charge in [-0.3, -0.25) is 4.79 Å². The van der Waals surface area contributed by atoms with E-state index in [0.717, 1.165) is 37.6 Å². The van der Waals surface area contributed by atoms with Crippen molar-refractivity contribution in [2.24, 2.45) is 0 Å². The lowest BCUT2D eigenvalue weighted by molar-refractivity contribution is 0.102. The Bertz CT molecular complexity index is 1020. The van der Waals surface area contributed by atoms with Crippen LogP contribution in [0.1, 0.15) is 10.5 Å². The first-order valence-corrected chi connectivity index (χ1v) is 9.88. The van der Waals surface area contributed by atoms with Crippen molar-refractivity contribution in [1.82, 2.24) is 14.9 Å². The summed E-state index contributed by atoms with van der Waals surface area (Å²) in [6.07, 6.45) is 1.52. The lowest BCUT2D eigenvalue weighted by Gasteiger charge is -2.34. The van der Waals surface area contributed by atoms with Crippen molar-refractivity contribution in [3.63, 3.8) is 0 Å². The fourth-order valence-corrected chi connectivity index (χ4v) is 3.33. The lowest BCUT2D eigenvalue weighted by Crippen LogP contribution is -2.44. The molecule has 8 heteroatoms. The summed E-state index contributed by atoms with van der Waals surface area (Å²) in [5.74, 6) is 0.138. The van der Waals surface area contributed by atoms with Gasteiger partial charge in [0, 0.05) is 43.2 Å². The zero-order chi connectivity index (χ0) is 20.9. The molecule has 2 heterocycles. The fourth-order valence-electron chi connectivity index (χ4n) is 3.33. The molecule has 1 amide bonds. The minimum Gasteiger partial charge on any atom is -0.382 e. The predicted molar refractivity (Wildman–Crippen MR) is 120 cm³/mol. The van der Waals surface area contributed by atoms with Gasteiger partial charge in [0.2, 0.25) is 0 Å². The third-order valence-electron chi connectivity index (χ3n) is 5.03. The van der Waals surface area contributed by atoms with Crippen molar-refractivity contribution in [3.05, 3.63) is 66.5 Å². The van der Waals surface area contributed by atoms with Crippen LogP contribution in [0.25, 0.3) is 0 Å². The molecule has 1 aliphatic heterocycles. The molecule has 1 aromatic heterocycles. The number of hydrogen-bond donors (Lipinski definition) is 3. The maximum atomic E-state index is 12.6. The van der Waals surface area contributed by atoms with Gasteiger partial charge in [0.15, 0.2) is 11.5 Å². The smallest absolute Gasteiger partial charge is 0.278 e. The highest BCUT2D eigenvalue weighted by Crippen LogP contribution is 2.23. The van der Waals surface area contributed by atoms with Gasteiger partial charge in [0.25, 0.3) is 5.91 Å². The Kier molecular flexibility index (Phi) is 5.76. The summed E-state index contributed by atoms with van der Waals surface area (Å²) in [6, 6.07) is 17.3. The third-order valence-corrected chi connectivity index (χ3v) is 5.03. The van der Waals surface area contributed by atoms with E-state index < -0.39 is 5.91 Å². The molecule has 154 valence electrons. The van der Waals surface area contributed by atoms with Gasteiger partial charge in [-0.25, -0.2) is 9.97 Å². The van der Waals surface area contributed by atoms with Gasteiger partial charge >= 0.3 is 0 Å². The Morgan fingerprint density at radius 1 is 1.00 bits per heavy atom. The number of carbonyl (C=O) groups is 1. The zero-order valence-corrected chi connectivity index (χ0v) is 16.9. The zero-order valence-electron chi connectivity index (χ0n) is 16.9. The summed E-state index contributed by atoms with van der Waals surface area (Å²) in [4.78, 5) is 25.8. The molecule has 0 bridgehead atoms. The normalized spacial score (nSPS) is 14.4. The average molecular weight is 403 g/mol. The van der Waals surface area contributed by atoms with Crippen LogP contribution in [0.3, 0.4) is 0 Å². The van der Waals surface area contributed by atoms with Crippen molar-refractivity contribution >= 4 is 34.6 Å². The molecule has 1 saturated heterocycles. The summed E-state index contributed by atoms with van der Waals surface area (Å²) in [6.45, 7) is 4.07. The number of para-hydroxylation sites is 1. The summed E-state index contributed by atoms with van der Waals surface area (Å²) in [5.41, 5.74) is 8.67. The number of nitrogens with zero attached hydrogens (tertiary/aromatic N) is 4. The highest BCUT2D eigenvalue weighted by Gasteiger charge is 2.16. The van der Waals surface area contributed by atoms with E-state index in [4.69, 9.17) is 5.73 Å². The van der Waals surface area contributed by atoms with Crippen LogP contribution < -0.4 is 21.3 Å². The first-order valence-electron chi connectivity index (χ1n) is 9.88. The predicted octanol–water partition coefficient (Wildman–Crippen LogP) is 2.81. The van der Waals surface area contributed by atoms with Crippen LogP contribution in [0.15, 0.2) is 60.8 Å². The molecular formula is C22H25N7O. The van der Waals surface area contributed by atoms with Crippen molar-refractivity contribution in [3.8, 4) is 0 Å². The number of piperazine rings is 1. The molecule has 4 rings (SSSR count). The molecule has 0 saturated carbocycles. The number of nitrogen functional groups attached to an aromatic ring is 1. The number of rotatable bonds is 5. The minimum absolute atomic E-state index is 0.0825. The molecule has 0 radical (unpaired) electrons. The van der Waals surface area contributed by atoms with Crippen molar-refractivity contribution in [2.45, 2.75) is 0 Å². The van der Waals surface area contributed by atoms with Crippen molar-refractivity contribution in [1.29, 1.82) is 0 Å². The first kappa shape index (κ1) is 19.7. The Hall–Kier alpha value is -3.65. The van der Waals surface area contributed by atoms with Crippen LogP contribution in [-0.2, 0) is 0 Å². The third kappa shape index (κ3) is 4.66. The van der Waals surface area contributed by atoms with Crippen LogP contribution in [-0.4, -0.2) is 54.0 Å². The van der Waals surface area contributed by atoms with Gasteiger partial charge in [-0.1, -0.05) is 24.3 Å². The van der Waals surface area contributed by atoms with Crippen LogP contribution >= 0.6 is 0 Å². The topological polar surface area (TPSA) is 99.4 Å². The second-order valence-electron chi connectivity index (χ2n) is 7.27. The first-order chi connectivity index (χ1) is 14.6. The number of nitrogens with two attached hydrogens (primary N) is 1. The Labute approximate surface area is 175 Å². The Balaban J connectivity index is 1.49. The standard InChI is InChI=1S/C22H25N7O/c1-28-10-12-29(13-11-28)18-9-5-8-17(14-18)25-19-15-24-21(23)20(27-19)22(30)26-16-6-3-2-4-7-16/h2-9,14-15H,10-13H2,1H3,(H2,23,24)(H,25,27)(H,26,30). The minimum atomic E-state index is -0.402. The van der Waals surface area contributed by atoms with E-state index in [9.17, 15) is 4.79 Å². The van der Waals surface area contributed by atoms with Crippen LogP contribution in [0, 0.1) is 0 Å². The number of anilines is 5. The van der Waals surface area contributed by atoms with Gasteiger partial charge in [-0.15, -0.1) is 0 Å². The molecule has 1 fully saturated rings. The summed E-state index contributed by atoms with van der Waals surface area (Å²) >= 11 is 0. The second-order valence-corrected chi connectivity index (χ2v) is 7.27. The lowest BCUT2D eigenvalue weighted by atomic mass is 10.2. The summed E-state index contributed by atoms with van der Waals surface area (Å²) in [5, 5.41) is 6.02. The van der Waals surface area contributed by atoms with Gasteiger partial charge in [-0.05, 0) is 37.4 Å². The molecule has 3 aromatic rings. The maximum Gasteiger partial charge on any atom is 0.278 e. The van der Waals surface area contributed by atoms with Gasteiger partial charge in [0.1, 0.15) is 5.82 Å². The molecule has 1 aliphatic rings. The maximum absolute atomic E-state index is 12.6. The molecule has 0 spiro atoms. The molecule has 30 heavy (non-hydrogen) atoms. The van der Waals surface area contributed by atoms with Gasteiger partial charge < -0.3 is 26.2 Å². The summed E-state index contributed by atoms with van der Waals surface area (Å²) in [7, 11) is 2.14. The monoisotopic (exact) mass is 403 g/mol. The largest absolute Gasteiger partial charge is 0.382 e. The van der Waals surface area contributed by atoms with E-state index >= 15 is 0 Å². The van der Waals surface area contributed by atoms with Crippen molar-refractivity contribution < 1.29 is 4.79 Å². The number of nitrogens with one attached hydrogen (secondary N) is 2. The number of benzene rings is 2. The molecule has 0 atom stereocenters. The van der Waals surface area contributed by atoms with Crippen LogP contribution in [0.4, 0.5) is 28.7 Å². The molecule has 0 aliphatic carbocycles. The van der Waals surface area contributed by atoms with E-state index in [1.165, 1.54) is 6.20 Å².